The van der Waals surface area contributed by atoms with Crippen LogP contribution in [0, 0.1) is 0 Å². The lowest BCUT2D eigenvalue weighted by molar-refractivity contribution is -0.123. The molecule has 4 aromatic carbocycles. The molecule has 1 aliphatic rings. The van der Waals surface area contributed by atoms with E-state index in [2.05, 4.69) is 10.0 Å². The van der Waals surface area contributed by atoms with Crippen LogP contribution in [0.1, 0.15) is 23.6 Å². The molecule has 178 valence electrons. The Hall–Kier alpha value is -3.68. The number of benzene rings is 4. The number of nitrogens with one attached hydrogen (secondary N) is 2. The molecule has 1 aliphatic heterocycles. The van der Waals surface area contributed by atoms with Crippen LogP contribution in [-0.2, 0) is 21.2 Å². The van der Waals surface area contributed by atoms with E-state index in [4.69, 9.17) is 4.74 Å². The minimum Gasteiger partial charge on any atom is -0.493 e. The first-order valence-electron chi connectivity index (χ1n) is 11.6. The molecular weight excluding hydrogens is 460 g/mol. The maximum Gasteiger partial charge on any atom is 0.241 e. The van der Waals surface area contributed by atoms with E-state index in [0.717, 1.165) is 27.6 Å². The van der Waals surface area contributed by atoms with Crippen molar-refractivity contribution in [1.82, 2.24) is 10.0 Å². The Morgan fingerprint density at radius 2 is 1.60 bits per heavy atom. The van der Waals surface area contributed by atoms with Gasteiger partial charge in [0.2, 0.25) is 15.9 Å². The van der Waals surface area contributed by atoms with Crippen LogP contribution in [-0.4, -0.2) is 27.0 Å². The van der Waals surface area contributed by atoms with E-state index in [1.807, 2.05) is 78.9 Å². The number of carbonyl (C=O) groups is 1. The standard InChI is InChI=1S/C28H26N2O4S/c31-28(29-25-16-17-34-27-13-7-6-12-24(25)27)26(18-20-8-2-1-3-9-20)30-35(32,33)23-15-14-21-10-4-5-11-22(21)19-23/h1-15,19,25-26,30H,16-18H2,(H,29,31). The van der Waals surface area contributed by atoms with Crippen molar-refractivity contribution in [3.63, 3.8) is 0 Å². The average Bonchev–Trinajstić information content (AvgIpc) is 2.89. The summed E-state index contributed by atoms with van der Waals surface area (Å²) in [7, 11) is -3.95. The van der Waals surface area contributed by atoms with Gasteiger partial charge >= 0.3 is 0 Å². The summed E-state index contributed by atoms with van der Waals surface area (Å²) in [6, 6.07) is 28.3. The quantitative estimate of drug-likeness (QED) is 0.406. The van der Waals surface area contributed by atoms with Crippen molar-refractivity contribution in [2.45, 2.75) is 29.8 Å². The minimum atomic E-state index is -3.95. The van der Waals surface area contributed by atoms with Crippen LogP contribution in [0.5, 0.6) is 5.75 Å². The van der Waals surface area contributed by atoms with Crippen LogP contribution in [0.15, 0.2) is 102 Å². The topological polar surface area (TPSA) is 84.5 Å². The maximum absolute atomic E-state index is 13.5. The second-order valence-electron chi connectivity index (χ2n) is 8.61. The summed E-state index contributed by atoms with van der Waals surface area (Å²) in [5.41, 5.74) is 1.75. The molecule has 0 aliphatic carbocycles. The summed E-state index contributed by atoms with van der Waals surface area (Å²) in [5.74, 6) is 0.361. The Balaban J connectivity index is 1.42. The van der Waals surface area contributed by atoms with Crippen LogP contribution in [0.25, 0.3) is 10.8 Å². The highest BCUT2D eigenvalue weighted by atomic mass is 32.2. The predicted molar refractivity (Wildman–Crippen MR) is 136 cm³/mol. The molecule has 0 bridgehead atoms. The minimum absolute atomic E-state index is 0.124. The van der Waals surface area contributed by atoms with Gasteiger partial charge in [-0.3, -0.25) is 4.79 Å². The lowest BCUT2D eigenvalue weighted by atomic mass is 9.99. The van der Waals surface area contributed by atoms with Crippen molar-refractivity contribution in [2.24, 2.45) is 0 Å². The van der Waals surface area contributed by atoms with Crippen molar-refractivity contribution in [1.29, 1.82) is 0 Å². The summed E-state index contributed by atoms with van der Waals surface area (Å²) in [5, 5.41) is 4.82. The largest absolute Gasteiger partial charge is 0.493 e. The number of hydrogen-bond donors (Lipinski definition) is 2. The van der Waals surface area contributed by atoms with Gasteiger partial charge in [0.25, 0.3) is 0 Å². The second-order valence-corrected chi connectivity index (χ2v) is 10.3. The van der Waals surface area contributed by atoms with Gasteiger partial charge in [-0.05, 0) is 41.0 Å². The molecule has 0 fully saturated rings. The van der Waals surface area contributed by atoms with E-state index in [1.54, 1.807) is 18.2 Å². The zero-order valence-electron chi connectivity index (χ0n) is 19.1. The van der Waals surface area contributed by atoms with Gasteiger partial charge in [0.05, 0.1) is 17.5 Å². The molecule has 2 unspecified atom stereocenters. The molecule has 2 atom stereocenters. The monoisotopic (exact) mass is 486 g/mol. The van der Waals surface area contributed by atoms with Gasteiger partial charge in [-0.1, -0.05) is 78.9 Å². The van der Waals surface area contributed by atoms with E-state index < -0.39 is 16.1 Å². The molecule has 1 heterocycles. The summed E-state index contributed by atoms with van der Waals surface area (Å²) in [6.45, 7) is 0.480. The molecule has 0 saturated heterocycles. The smallest absolute Gasteiger partial charge is 0.241 e. The third kappa shape index (κ3) is 5.21. The van der Waals surface area contributed by atoms with Gasteiger partial charge in [-0.2, -0.15) is 4.72 Å². The van der Waals surface area contributed by atoms with Gasteiger partial charge in [0, 0.05) is 12.0 Å². The number of rotatable bonds is 7. The zero-order chi connectivity index (χ0) is 24.3. The highest BCUT2D eigenvalue weighted by Crippen LogP contribution is 2.31. The van der Waals surface area contributed by atoms with Crippen molar-refractivity contribution in [3.8, 4) is 5.75 Å². The second kappa shape index (κ2) is 9.90. The third-order valence-electron chi connectivity index (χ3n) is 6.20. The first kappa shape index (κ1) is 23.1. The summed E-state index contributed by atoms with van der Waals surface area (Å²) >= 11 is 0. The van der Waals surface area contributed by atoms with Gasteiger partial charge in [0.1, 0.15) is 11.8 Å². The number of carbonyl (C=O) groups excluding carboxylic acids is 1. The predicted octanol–water partition coefficient (Wildman–Crippen LogP) is 4.37. The molecule has 35 heavy (non-hydrogen) atoms. The number of amides is 1. The molecule has 5 rings (SSSR count). The lowest BCUT2D eigenvalue weighted by Gasteiger charge is -2.28. The van der Waals surface area contributed by atoms with E-state index >= 15 is 0 Å². The highest BCUT2D eigenvalue weighted by molar-refractivity contribution is 7.89. The Morgan fingerprint density at radius 1 is 0.886 bits per heavy atom. The maximum atomic E-state index is 13.5. The fourth-order valence-corrected chi connectivity index (χ4v) is 5.62. The van der Waals surface area contributed by atoms with Crippen LogP contribution >= 0.6 is 0 Å². The fourth-order valence-electron chi connectivity index (χ4n) is 4.39. The first-order valence-corrected chi connectivity index (χ1v) is 13.0. The van der Waals surface area contributed by atoms with E-state index in [9.17, 15) is 13.2 Å². The van der Waals surface area contributed by atoms with Gasteiger partial charge < -0.3 is 10.1 Å². The molecular formula is C28H26N2O4S. The average molecular weight is 487 g/mol. The van der Waals surface area contributed by atoms with Gasteiger partial charge in [-0.15, -0.1) is 0 Å². The van der Waals surface area contributed by atoms with E-state index in [0.29, 0.717) is 13.0 Å². The normalized spacial score (nSPS) is 16.2. The van der Waals surface area contributed by atoms with Crippen LogP contribution < -0.4 is 14.8 Å². The summed E-state index contributed by atoms with van der Waals surface area (Å²) in [6.07, 6.45) is 0.836. The fraction of sp³-hybridized carbons (Fsp3) is 0.179. The molecule has 0 spiro atoms. The van der Waals surface area contributed by atoms with E-state index in [-0.39, 0.29) is 23.3 Å². The number of para-hydroxylation sites is 1. The highest BCUT2D eigenvalue weighted by Gasteiger charge is 2.30. The lowest BCUT2D eigenvalue weighted by Crippen LogP contribution is -2.49. The first-order chi connectivity index (χ1) is 17.0. The molecule has 0 saturated carbocycles. The molecule has 1 amide bonds. The van der Waals surface area contributed by atoms with Gasteiger partial charge in [-0.25, -0.2) is 8.42 Å². The number of sulfonamides is 1. The molecule has 6 nitrogen and oxygen atoms in total. The number of hydrogen-bond acceptors (Lipinski definition) is 4. The van der Waals surface area contributed by atoms with Crippen LogP contribution in [0.2, 0.25) is 0 Å². The Kier molecular flexibility index (Phi) is 6.53. The SMILES string of the molecule is O=C(NC1CCOc2ccccc21)C(Cc1ccccc1)NS(=O)(=O)c1ccc2ccccc2c1. The molecule has 0 aromatic heterocycles. The molecule has 2 N–H and O–H groups in total. The molecule has 7 heteroatoms. The van der Waals surface area contributed by atoms with Crippen LogP contribution in [0.3, 0.4) is 0 Å². The Labute approximate surface area is 205 Å². The zero-order valence-corrected chi connectivity index (χ0v) is 19.9. The van der Waals surface area contributed by atoms with Crippen LogP contribution in [0.4, 0.5) is 0 Å². The Bertz CT molecular complexity index is 1450. The van der Waals surface area contributed by atoms with Crippen molar-refractivity contribution >= 4 is 26.7 Å². The summed E-state index contributed by atoms with van der Waals surface area (Å²) < 4.78 is 35.1. The van der Waals surface area contributed by atoms with Gasteiger partial charge in [0.15, 0.2) is 0 Å². The number of fused-ring (bicyclic) bond motifs is 2. The van der Waals surface area contributed by atoms with Crippen molar-refractivity contribution < 1.29 is 17.9 Å². The van der Waals surface area contributed by atoms with Crippen molar-refractivity contribution in [3.05, 3.63) is 108 Å². The third-order valence-corrected chi connectivity index (χ3v) is 7.67. The molecule has 4 aromatic rings. The van der Waals surface area contributed by atoms with Crippen molar-refractivity contribution in [2.75, 3.05) is 6.61 Å². The number of ether oxygens (including phenoxy) is 1. The summed E-state index contributed by atoms with van der Waals surface area (Å²) in [4.78, 5) is 13.6. The molecule has 0 radical (unpaired) electrons. The Morgan fingerprint density at radius 3 is 2.43 bits per heavy atom. The van der Waals surface area contributed by atoms with E-state index in [1.165, 1.54) is 0 Å².